The Balaban J connectivity index is 1.48. The van der Waals surface area contributed by atoms with Gasteiger partial charge in [0.05, 0.1) is 35.9 Å². The minimum absolute atomic E-state index is 0.0232. The second kappa shape index (κ2) is 17.7. The summed E-state index contributed by atoms with van der Waals surface area (Å²) in [6.45, 7) is 5.60. The number of amides is 1. The smallest absolute Gasteiger partial charge is 0.414 e. The highest BCUT2D eigenvalue weighted by Gasteiger charge is 2.56. The van der Waals surface area contributed by atoms with Crippen molar-refractivity contribution in [3.05, 3.63) is 138 Å². The van der Waals surface area contributed by atoms with Gasteiger partial charge in [-0.15, -0.1) is 0 Å². The van der Waals surface area contributed by atoms with Crippen molar-refractivity contribution in [2.75, 3.05) is 24.8 Å². The van der Waals surface area contributed by atoms with E-state index in [2.05, 4.69) is 6.58 Å². The molecule has 1 aliphatic heterocycles. The van der Waals surface area contributed by atoms with Gasteiger partial charge < -0.3 is 28.5 Å². The number of aldehydes is 2. The van der Waals surface area contributed by atoms with Crippen LogP contribution in [0.4, 0.5) is 10.5 Å². The molecule has 12 heteroatoms. The van der Waals surface area contributed by atoms with Crippen molar-refractivity contribution >= 4 is 34.4 Å². The number of aryl methyl sites for hydroxylation is 1. The molecule has 4 aromatic carbocycles. The summed E-state index contributed by atoms with van der Waals surface area (Å²) in [5, 5.41) is 0. The van der Waals surface area contributed by atoms with Crippen LogP contribution in [0, 0.1) is 6.92 Å². The summed E-state index contributed by atoms with van der Waals surface area (Å²) in [6, 6.07) is 26.8. The maximum absolute atomic E-state index is 13.7. The summed E-state index contributed by atoms with van der Waals surface area (Å²) in [5.74, 6) is 0.320. The predicted molar refractivity (Wildman–Crippen MR) is 191 cm³/mol. The molecule has 266 valence electrons. The Kier molecular flexibility index (Phi) is 12.9. The number of hydrogen-bond donors (Lipinski definition) is 0. The maximum atomic E-state index is 13.7. The molecule has 0 radical (unpaired) electrons. The van der Waals surface area contributed by atoms with Crippen molar-refractivity contribution in [2.45, 2.75) is 50.1 Å². The van der Waals surface area contributed by atoms with Crippen LogP contribution in [-0.2, 0) is 60.1 Å². The van der Waals surface area contributed by atoms with Crippen LogP contribution < -0.4 is 9.64 Å². The van der Waals surface area contributed by atoms with Crippen molar-refractivity contribution in [3.63, 3.8) is 0 Å². The standard InChI is InChI=1S/C39H40N2O9S/c1-3-20-49-39(44)40(23-36-37(24-43)41(36)51(45,46)33-16-14-29(2)15-17-33)35-21-32(26-48-28-47-25-30-10-6-4-7-11-30)22-38(34(35)18-19-42)50-27-31-12-8-5-9-13-31/h3-17,19,21-22,24,36-37H,1,18,20,23,25-28H2,2H3/t36-,37+,41?/m0/s1. The highest BCUT2D eigenvalue weighted by Crippen LogP contribution is 2.39. The lowest BCUT2D eigenvalue weighted by Gasteiger charge is -2.26. The zero-order valence-corrected chi connectivity index (χ0v) is 29.1. The Morgan fingerprint density at radius 1 is 0.863 bits per heavy atom. The van der Waals surface area contributed by atoms with Crippen molar-refractivity contribution in [3.8, 4) is 5.75 Å². The van der Waals surface area contributed by atoms with Crippen LogP contribution in [0.3, 0.4) is 0 Å². The molecule has 3 atom stereocenters. The van der Waals surface area contributed by atoms with Crippen molar-refractivity contribution in [2.24, 2.45) is 0 Å². The summed E-state index contributed by atoms with van der Waals surface area (Å²) in [5.41, 5.74) is 3.93. The van der Waals surface area contributed by atoms with Gasteiger partial charge in [0, 0.05) is 18.5 Å². The van der Waals surface area contributed by atoms with Crippen LogP contribution in [0.25, 0.3) is 0 Å². The van der Waals surface area contributed by atoms with Gasteiger partial charge in [-0.05, 0) is 47.9 Å². The second-order valence-electron chi connectivity index (χ2n) is 11.9. The Labute approximate surface area is 298 Å². The molecule has 5 rings (SSSR count). The Hall–Kier alpha value is -5.14. The van der Waals surface area contributed by atoms with E-state index < -0.39 is 28.2 Å². The van der Waals surface area contributed by atoms with E-state index in [-0.39, 0.29) is 50.2 Å². The van der Waals surface area contributed by atoms with Gasteiger partial charge in [-0.25, -0.2) is 13.2 Å². The summed E-state index contributed by atoms with van der Waals surface area (Å²) in [6.07, 6.45) is 1.66. The fourth-order valence-corrected chi connectivity index (χ4v) is 7.30. The lowest BCUT2D eigenvalue weighted by atomic mass is 10.0. The Morgan fingerprint density at radius 3 is 2.10 bits per heavy atom. The Bertz CT molecular complexity index is 1900. The summed E-state index contributed by atoms with van der Waals surface area (Å²) in [7, 11) is -4.08. The maximum Gasteiger partial charge on any atom is 0.414 e. The van der Waals surface area contributed by atoms with Gasteiger partial charge >= 0.3 is 6.09 Å². The van der Waals surface area contributed by atoms with E-state index in [1.807, 2.05) is 67.6 Å². The summed E-state index contributed by atoms with van der Waals surface area (Å²) >= 11 is 0. The molecule has 51 heavy (non-hydrogen) atoms. The van der Waals surface area contributed by atoms with Crippen LogP contribution in [0.5, 0.6) is 5.75 Å². The molecule has 0 bridgehead atoms. The average Bonchev–Trinajstić information content (AvgIpc) is 3.87. The second-order valence-corrected chi connectivity index (χ2v) is 13.7. The van der Waals surface area contributed by atoms with Crippen LogP contribution in [0.2, 0.25) is 0 Å². The third kappa shape index (κ3) is 9.56. The lowest BCUT2D eigenvalue weighted by Crippen LogP contribution is -2.37. The first-order chi connectivity index (χ1) is 24.8. The number of benzene rings is 4. The molecule has 0 spiro atoms. The van der Waals surface area contributed by atoms with Crippen LogP contribution in [0.1, 0.15) is 27.8 Å². The molecule has 1 aliphatic rings. The molecule has 1 fully saturated rings. The molecule has 1 saturated heterocycles. The molecule has 0 aliphatic carbocycles. The fourth-order valence-electron chi connectivity index (χ4n) is 5.57. The quantitative estimate of drug-likeness (QED) is 0.0391. The average molecular weight is 713 g/mol. The highest BCUT2D eigenvalue weighted by atomic mass is 32.2. The Morgan fingerprint density at radius 2 is 1.49 bits per heavy atom. The van der Waals surface area contributed by atoms with E-state index in [0.717, 1.165) is 21.0 Å². The van der Waals surface area contributed by atoms with Gasteiger partial charge in [0.2, 0.25) is 10.0 Å². The monoisotopic (exact) mass is 712 g/mol. The van der Waals surface area contributed by atoms with Gasteiger partial charge in [-0.3, -0.25) is 4.90 Å². The van der Waals surface area contributed by atoms with Crippen LogP contribution in [-0.4, -0.2) is 63.4 Å². The van der Waals surface area contributed by atoms with Crippen molar-refractivity contribution < 1.29 is 41.7 Å². The molecular weight excluding hydrogens is 673 g/mol. The van der Waals surface area contributed by atoms with Gasteiger partial charge in [0.25, 0.3) is 0 Å². The number of carbonyl (C=O) groups excluding carboxylic acids is 3. The van der Waals surface area contributed by atoms with E-state index in [0.29, 0.717) is 36.1 Å². The van der Waals surface area contributed by atoms with E-state index in [1.54, 1.807) is 24.3 Å². The van der Waals surface area contributed by atoms with Gasteiger partial charge in [-0.1, -0.05) is 91.0 Å². The van der Waals surface area contributed by atoms with Gasteiger partial charge in [0.15, 0.2) is 0 Å². The molecule has 1 amide bonds. The minimum atomic E-state index is -4.08. The molecular formula is C39H40N2O9S. The van der Waals surface area contributed by atoms with E-state index in [1.165, 1.54) is 23.1 Å². The number of hydrogen-bond acceptors (Lipinski definition) is 9. The number of sulfonamides is 1. The largest absolute Gasteiger partial charge is 0.489 e. The topological polar surface area (TPSA) is 129 Å². The number of ether oxygens (including phenoxy) is 4. The molecule has 4 aromatic rings. The summed E-state index contributed by atoms with van der Waals surface area (Å²) < 4.78 is 51.6. The third-order valence-corrected chi connectivity index (χ3v) is 10.1. The van der Waals surface area contributed by atoms with Crippen LogP contribution in [0.15, 0.2) is 115 Å². The van der Waals surface area contributed by atoms with Crippen molar-refractivity contribution in [1.29, 1.82) is 0 Å². The number of anilines is 1. The van der Waals surface area contributed by atoms with E-state index in [4.69, 9.17) is 18.9 Å². The fraction of sp³-hybridized carbons (Fsp3) is 0.256. The zero-order chi connectivity index (χ0) is 36.2. The van der Waals surface area contributed by atoms with Gasteiger partial charge in [-0.2, -0.15) is 4.31 Å². The predicted octanol–water partition coefficient (Wildman–Crippen LogP) is 5.78. The van der Waals surface area contributed by atoms with Crippen molar-refractivity contribution in [1.82, 2.24) is 4.31 Å². The van der Waals surface area contributed by atoms with Gasteiger partial charge in [0.1, 0.15) is 38.3 Å². The molecule has 0 saturated carbocycles. The van der Waals surface area contributed by atoms with Crippen LogP contribution >= 0.6 is 0 Å². The normalized spacial score (nSPS) is 16.5. The first kappa shape index (κ1) is 37.1. The number of rotatable bonds is 19. The number of nitrogens with zero attached hydrogens (tertiary/aromatic N) is 2. The third-order valence-electron chi connectivity index (χ3n) is 8.18. The van der Waals surface area contributed by atoms with E-state index in [9.17, 15) is 22.8 Å². The molecule has 0 aromatic heterocycles. The van der Waals surface area contributed by atoms with E-state index >= 15 is 0 Å². The first-order valence-electron chi connectivity index (χ1n) is 16.3. The molecule has 11 nitrogen and oxygen atoms in total. The minimum Gasteiger partial charge on any atom is -0.489 e. The lowest BCUT2D eigenvalue weighted by molar-refractivity contribution is -0.108. The molecule has 1 heterocycles. The summed E-state index contributed by atoms with van der Waals surface area (Å²) in [4.78, 5) is 39.3. The number of carbonyl (C=O) groups is 3. The zero-order valence-electron chi connectivity index (χ0n) is 28.3. The highest BCUT2D eigenvalue weighted by molar-refractivity contribution is 7.89. The first-order valence-corrected chi connectivity index (χ1v) is 17.8. The molecule has 0 N–H and O–H groups in total. The molecule has 1 unspecified atom stereocenters. The SMILES string of the molecule is C=CCOC(=O)N(C[C@H]1[C@@H](C=O)N1S(=O)(=O)c1ccc(C)cc1)c1cc(COCOCc2ccccc2)cc(OCc2ccccc2)c1CC=O.